The maximum atomic E-state index is 14.1. The maximum Gasteiger partial charge on any atom is 0.175 e. The highest BCUT2D eigenvalue weighted by atomic mass is 19.1. The molecule has 0 amide bonds. The quantitative estimate of drug-likeness (QED) is 0.762. The van der Waals surface area contributed by atoms with Gasteiger partial charge in [0, 0.05) is 5.92 Å². The molecular weight excluding hydrogens is 231 g/mol. The SMILES string of the molecule is COc1cccc(C(=O)C2CCCC2(C)C)c1F. The van der Waals surface area contributed by atoms with Gasteiger partial charge in [0.05, 0.1) is 12.7 Å². The van der Waals surface area contributed by atoms with E-state index in [-0.39, 0.29) is 28.4 Å². The zero-order valence-electron chi connectivity index (χ0n) is 11.1. The summed E-state index contributed by atoms with van der Waals surface area (Å²) in [6.45, 7) is 4.17. The van der Waals surface area contributed by atoms with Gasteiger partial charge in [0.1, 0.15) is 0 Å². The van der Waals surface area contributed by atoms with Crippen LogP contribution in [0.3, 0.4) is 0 Å². The van der Waals surface area contributed by atoms with Crippen LogP contribution in [0.15, 0.2) is 18.2 Å². The van der Waals surface area contributed by atoms with Crippen molar-refractivity contribution in [3.8, 4) is 5.75 Å². The number of ketones is 1. The molecular formula is C15H19FO2. The van der Waals surface area contributed by atoms with Crippen molar-refractivity contribution in [2.45, 2.75) is 33.1 Å². The Balaban J connectivity index is 2.35. The Hall–Kier alpha value is -1.38. The monoisotopic (exact) mass is 250 g/mol. The Morgan fingerprint density at radius 1 is 1.44 bits per heavy atom. The van der Waals surface area contributed by atoms with E-state index in [1.165, 1.54) is 13.2 Å². The van der Waals surface area contributed by atoms with Crippen LogP contribution < -0.4 is 4.74 Å². The van der Waals surface area contributed by atoms with Crippen LogP contribution in [0.4, 0.5) is 4.39 Å². The lowest BCUT2D eigenvalue weighted by Crippen LogP contribution is -2.26. The number of Topliss-reactive ketones (excluding diaryl/α,β-unsaturated/α-hetero) is 1. The summed E-state index contributed by atoms with van der Waals surface area (Å²) < 4.78 is 19.0. The van der Waals surface area contributed by atoms with Crippen LogP contribution in [-0.2, 0) is 0 Å². The second kappa shape index (κ2) is 4.71. The largest absolute Gasteiger partial charge is 0.494 e. The van der Waals surface area contributed by atoms with Crippen LogP contribution in [0, 0.1) is 17.2 Å². The molecule has 0 aliphatic heterocycles. The van der Waals surface area contributed by atoms with Crippen molar-refractivity contribution < 1.29 is 13.9 Å². The summed E-state index contributed by atoms with van der Waals surface area (Å²) in [5.41, 5.74) is 0.126. The first-order valence-electron chi connectivity index (χ1n) is 6.34. The average molecular weight is 250 g/mol. The van der Waals surface area contributed by atoms with Crippen molar-refractivity contribution >= 4 is 5.78 Å². The Morgan fingerprint density at radius 3 is 2.72 bits per heavy atom. The van der Waals surface area contributed by atoms with Crippen molar-refractivity contribution in [1.82, 2.24) is 0 Å². The average Bonchev–Trinajstić information content (AvgIpc) is 2.68. The molecule has 18 heavy (non-hydrogen) atoms. The van der Waals surface area contributed by atoms with Crippen molar-refractivity contribution in [1.29, 1.82) is 0 Å². The second-order valence-electron chi connectivity index (χ2n) is 5.62. The van der Waals surface area contributed by atoms with E-state index in [0.717, 1.165) is 19.3 Å². The molecule has 0 radical (unpaired) electrons. The lowest BCUT2D eigenvalue weighted by molar-refractivity contribution is 0.0834. The number of benzene rings is 1. The molecule has 3 heteroatoms. The number of ether oxygens (including phenoxy) is 1. The van der Waals surface area contributed by atoms with Gasteiger partial charge in [-0.05, 0) is 30.4 Å². The number of rotatable bonds is 3. The van der Waals surface area contributed by atoms with Crippen LogP contribution in [0.5, 0.6) is 5.75 Å². The van der Waals surface area contributed by atoms with Crippen LogP contribution in [0.1, 0.15) is 43.5 Å². The molecule has 0 heterocycles. The van der Waals surface area contributed by atoms with E-state index in [4.69, 9.17) is 4.74 Å². The molecule has 1 saturated carbocycles. The van der Waals surface area contributed by atoms with Crippen LogP contribution in [-0.4, -0.2) is 12.9 Å². The Morgan fingerprint density at radius 2 is 2.17 bits per heavy atom. The third-order valence-electron chi connectivity index (χ3n) is 4.02. The highest BCUT2D eigenvalue weighted by molar-refractivity contribution is 5.99. The summed E-state index contributed by atoms with van der Waals surface area (Å²) in [7, 11) is 1.41. The number of methoxy groups -OCH3 is 1. The fraction of sp³-hybridized carbons (Fsp3) is 0.533. The summed E-state index contributed by atoms with van der Waals surface area (Å²) in [5.74, 6) is -0.572. The van der Waals surface area contributed by atoms with Gasteiger partial charge in [0.15, 0.2) is 17.3 Å². The molecule has 0 N–H and O–H groups in total. The van der Waals surface area contributed by atoms with Gasteiger partial charge in [0.25, 0.3) is 0 Å². The third kappa shape index (κ3) is 2.14. The number of carbonyl (C=O) groups is 1. The van der Waals surface area contributed by atoms with E-state index in [1.54, 1.807) is 12.1 Å². The highest BCUT2D eigenvalue weighted by Gasteiger charge is 2.40. The van der Waals surface area contributed by atoms with Gasteiger partial charge in [-0.3, -0.25) is 4.79 Å². The first kappa shape index (κ1) is 13.1. The van der Waals surface area contributed by atoms with Crippen LogP contribution >= 0.6 is 0 Å². The number of carbonyl (C=O) groups excluding carboxylic acids is 1. The molecule has 2 rings (SSSR count). The van der Waals surface area contributed by atoms with E-state index in [1.807, 2.05) is 0 Å². The number of hydrogen-bond donors (Lipinski definition) is 0. The van der Waals surface area contributed by atoms with E-state index >= 15 is 0 Å². The molecule has 1 fully saturated rings. The van der Waals surface area contributed by atoms with Gasteiger partial charge in [-0.2, -0.15) is 0 Å². The molecule has 1 unspecified atom stereocenters. The molecule has 0 spiro atoms. The second-order valence-corrected chi connectivity index (χ2v) is 5.62. The first-order chi connectivity index (χ1) is 8.47. The van der Waals surface area contributed by atoms with E-state index in [2.05, 4.69) is 13.8 Å². The van der Waals surface area contributed by atoms with Gasteiger partial charge in [-0.25, -0.2) is 4.39 Å². The molecule has 98 valence electrons. The zero-order valence-corrected chi connectivity index (χ0v) is 11.1. The molecule has 0 saturated heterocycles. The fourth-order valence-electron chi connectivity index (χ4n) is 2.86. The van der Waals surface area contributed by atoms with Gasteiger partial charge < -0.3 is 4.74 Å². The summed E-state index contributed by atoms with van der Waals surface area (Å²) >= 11 is 0. The van der Waals surface area contributed by atoms with Gasteiger partial charge in [-0.15, -0.1) is 0 Å². The normalized spacial score (nSPS) is 21.9. The van der Waals surface area contributed by atoms with E-state index in [0.29, 0.717) is 0 Å². The Bertz CT molecular complexity index is 466. The summed E-state index contributed by atoms with van der Waals surface area (Å²) in [4.78, 5) is 12.5. The van der Waals surface area contributed by atoms with E-state index < -0.39 is 5.82 Å². The predicted molar refractivity (Wildman–Crippen MR) is 68.4 cm³/mol. The van der Waals surface area contributed by atoms with Crippen LogP contribution in [0.25, 0.3) is 0 Å². The molecule has 0 bridgehead atoms. The number of halogens is 1. The maximum absolute atomic E-state index is 14.1. The van der Waals surface area contributed by atoms with Crippen molar-refractivity contribution in [3.05, 3.63) is 29.6 Å². The predicted octanol–water partition coefficient (Wildman–Crippen LogP) is 3.84. The molecule has 1 aromatic carbocycles. The minimum absolute atomic E-state index is 0.0351. The van der Waals surface area contributed by atoms with Gasteiger partial charge in [-0.1, -0.05) is 26.3 Å². The molecule has 1 atom stereocenters. The third-order valence-corrected chi connectivity index (χ3v) is 4.02. The minimum atomic E-state index is -0.535. The summed E-state index contributed by atoms with van der Waals surface area (Å²) in [5, 5.41) is 0. The lowest BCUT2D eigenvalue weighted by Gasteiger charge is -2.25. The topological polar surface area (TPSA) is 26.3 Å². The van der Waals surface area contributed by atoms with Crippen LogP contribution in [0.2, 0.25) is 0 Å². The fourth-order valence-corrected chi connectivity index (χ4v) is 2.86. The Labute approximate surface area is 107 Å². The summed E-state index contributed by atoms with van der Waals surface area (Å²) in [6.07, 6.45) is 2.91. The smallest absolute Gasteiger partial charge is 0.175 e. The first-order valence-corrected chi connectivity index (χ1v) is 6.34. The van der Waals surface area contributed by atoms with Crippen molar-refractivity contribution in [2.75, 3.05) is 7.11 Å². The van der Waals surface area contributed by atoms with Gasteiger partial charge >= 0.3 is 0 Å². The molecule has 1 aromatic rings. The molecule has 0 aromatic heterocycles. The molecule has 2 nitrogen and oxygen atoms in total. The zero-order chi connectivity index (χ0) is 13.3. The lowest BCUT2D eigenvalue weighted by atomic mass is 9.77. The summed E-state index contributed by atoms with van der Waals surface area (Å²) in [6, 6.07) is 4.75. The Kier molecular flexibility index (Phi) is 3.42. The minimum Gasteiger partial charge on any atom is -0.494 e. The van der Waals surface area contributed by atoms with Crippen molar-refractivity contribution in [3.63, 3.8) is 0 Å². The molecule has 1 aliphatic rings. The van der Waals surface area contributed by atoms with E-state index in [9.17, 15) is 9.18 Å². The highest BCUT2D eigenvalue weighted by Crippen LogP contribution is 2.44. The molecule has 1 aliphatic carbocycles. The van der Waals surface area contributed by atoms with Gasteiger partial charge in [0.2, 0.25) is 0 Å². The van der Waals surface area contributed by atoms with Crippen molar-refractivity contribution in [2.24, 2.45) is 11.3 Å². The standard InChI is InChI=1S/C15H19FO2/c1-15(2)9-5-7-11(15)14(17)10-6-4-8-12(18-3)13(10)16/h4,6,8,11H,5,7,9H2,1-3H3. The number of hydrogen-bond acceptors (Lipinski definition) is 2.